The van der Waals surface area contributed by atoms with Gasteiger partial charge in [0.15, 0.2) is 0 Å². The van der Waals surface area contributed by atoms with Crippen molar-refractivity contribution in [3.05, 3.63) is 81.4 Å². The third kappa shape index (κ3) is 5.06. The van der Waals surface area contributed by atoms with Crippen LogP contribution in [0, 0.1) is 0 Å². The topological polar surface area (TPSA) is 75.3 Å². The molecule has 0 aliphatic heterocycles. The predicted octanol–water partition coefficient (Wildman–Crippen LogP) is 3.26. The van der Waals surface area contributed by atoms with Crippen LogP contribution in [0.15, 0.2) is 59.4 Å². The predicted molar refractivity (Wildman–Crippen MR) is 110 cm³/mol. The van der Waals surface area contributed by atoms with Crippen molar-refractivity contribution in [2.24, 2.45) is 0 Å². The first-order valence-corrected chi connectivity index (χ1v) is 9.14. The van der Waals surface area contributed by atoms with E-state index in [1.54, 1.807) is 48.4 Å². The zero-order chi connectivity index (χ0) is 19.9. The molecule has 3 rings (SSSR count). The third-order valence-electron chi connectivity index (χ3n) is 4.17. The van der Waals surface area contributed by atoms with E-state index >= 15 is 0 Å². The molecule has 3 aromatic rings. The van der Waals surface area contributed by atoms with Gasteiger partial charge in [0.2, 0.25) is 5.91 Å². The van der Waals surface area contributed by atoms with E-state index in [1.165, 1.54) is 6.08 Å². The first kappa shape index (κ1) is 19.8. The minimum atomic E-state index is -0.226. The van der Waals surface area contributed by atoms with Crippen LogP contribution in [0.3, 0.4) is 0 Å². The fourth-order valence-electron chi connectivity index (χ4n) is 2.71. The SMILES string of the molecule is COCCN(Cc1nc2ccccc2c(=O)[nH]1)C(=O)/C=C/c1ccc(Cl)cc1. The molecule has 144 valence electrons. The third-order valence-corrected chi connectivity index (χ3v) is 4.42. The number of aromatic amines is 1. The van der Waals surface area contributed by atoms with Crippen molar-refractivity contribution < 1.29 is 9.53 Å². The highest BCUT2D eigenvalue weighted by molar-refractivity contribution is 6.30. The van der Waals surface area contributed by atoms with Gasteiger partial charge >= 0.3 is 0 Å². The van der Waals surface area contributed by atoms with E-state index in [-0.39, 0.29) is 18.0 Å². The van der Waals surface area contributed by atoms with Crippen LogP contribution >= 0.6 is 11.6 Å². The van der Waals surface area contributed by atoms with Crippen molar-refractivity contribution in [1.82, 2.24) is 14.9 Å². The molecule has 0 aliphatic carbocycles. The fraction of sp³-hybridized carbons (Fsp3) is 0.190. The first-order chi connectivity index (χ1) is 13.6. The summed E-state index contributed by atoms with van der Waals surface area (Å²) in [7, 11) is 1.57. The normalized spacial score (nSPS) is 11.2. The van der Waals surface area contributed by atoms with Crippen LogP contribution in [0.2, 0.25) is 5.02 Å². The second kappa shape index (κ2) is 9.30. The van der Waals surface area contributed by atoms with Crippen molar-refractivity contribution in [3.63, 3.8) is 0 Å². The number of nitrogens with zero attached hydrogens (tertiary/aromatic N) is 2. The molecule has 0 unspecified atom stereocenters. The highest BCUT2D eigenvalue weighted by Crippen LogP contribution is 2.11. The van der Waals surface area contributed by atoms with E-state index in [1.807, 2.05) is 18.2 Å². The molecule has 1 heterocycles. The lowest BCUT2D eigenvalue weighted by Gasteiger charge is -2.20. The van der Waals surface area contributed by atoms with Crippen LogP contribution in [0.25, 0.3) is 17.0 Å². The van der Waals surface area contributed by atoms with Gasteiger partial charge in [-0.3, -0.25) is 9.59 Å². The van der Waals surface area contributed by atoms with Crippen LogP contribution < -0.4 is 5.56 Å². The van der Waals surface area contributed by atoms with Crippen molar-refractivity contribution in [1.29, 1.82) is 0 Å². The molecule has 1 N–H and O–H groups in total. The lowest BCUT2D eigenvalue weighted by molar-refractivity contribution is -0.127. The molecule has 1 aromatic heterocycles. The van der Waals surface area contributed by atoms with Gasteiger partial charge < -0.3 is 14.6 Å². The molecule has 2 aromatic carbocycles. The monoisotopic (exact) mass is 397 g/mol. The van der Waals surface area contributed by atoms with Crippen LogP contribution in [-0.4, -0.2) is 41.0 Å². The number of halogens is 1. The van der Waals surface area contributed by atoms with Crippen LogP contribution in [-0.2, 0) is 16.1 Å². The summed E-state index contributed by atoms with van der Waals surface area (Å²) in [6, 6.07) is 14.3. The molecule has 0 atom stereocenters. The van der Waals surface area contributed by atoms with Gasteiger partial charge in [0.05, 0.1) is 24.1 Å². The molecule has 28 heavy (non-hydrogen) atoms. The molecule has 6 nitrogen and oxygen atoms in total. The fourth-order valence-corrected chi connectivity index (χ4v) is 2.83. The first-order valence-electron chi connectivity index (χ1n) is 8.76. The van der Waals surface area contributed by atoms with Gasteiger partial charge in [-0.15, -0.1) is 0 Å². The highest BCUT2D eigenvalue weighted by atomic mass is 35.5. The van der Waals surface area contributed by atoms with Crippen LogP contribution in [0.5, 0.6) is 0 Å². The molecule has 0 spiro atoms. The maximum absolute atomic E-state index is 12.7. The Morgan fingerprint density at radius 3 is 2.71 bits per heavy atom. The second-order valence-electron chi connectivity index (χ2n) is 6.17. The number of methoxy groups -OCH3 is 1. The number of H-pyrrole nitrogens is 1. The Morgan fingerprint density at radius 1 is 1.21 bits per heavy atom. The molecule has 0 radical (unpaired) electrons. The summed E-state index contributed by atoms with van der Waals surface area (Å²) >= 11 is 5.88. The largest absolute Gasteiger partial charge is 0.383 e. The molecule has 0 saturated heterocycles. The van der Waals surface area contributed by atoms with E-state index < -0.39 is 0 Å². The zero-order valence-electron chi connectivity index (χ0n) is 15.4. The lowest BCUT2D eigenvalue weighted by Crippen LogP contribution is -2.33. The quantitative estimate of drug-likeness (QED) is 0.621. The molecule has 7 heteroatoms. The summed E-state index contributed by atoms with van der Waals surface area (Å²) in [6.45, 7) is 0.919. The van der Waals surface area contributed by atoms with Gasteiger partial charge in [-0.2, -0.15) is 0 Å². The second-order valence-corrected chi connectivity index (χ2v) is 6.60. The molecular weight excluding hydrogens is 378 g/mol. The van der Waals surface area contributed by atoms with Gasteiger partial charge in [-0.1, -0.05) is 35.9 Å². The van der Waals surface area contributed by atoms with E-state index in [0.29, 0.717) is 34.9 Å². The van der Waals surface area contributed by atoms with Crippen LogP contribution in [0.4, 0.5) is 0 Å². The van der Waals surface area contributed by atoms with Crippen molar-refractivity contribution in [3.8, 4) is 0 Å². The Labute approximate surface area is 167 Å². The zero-order valence-corrected chi connectivity index (χ0v) is 16.1. The average molecular weight is 398 g/mol. The molecule has 0 saturated carbocycles. The number of ether oxygens (including phenoxy) is 1. The summed E-state index contributed by atoms with van der Waals surface area (Å²) in [4.78, 5) is 33.7. The van der Waals surface area contributed by atoms with Gasteiger partial charge in [0, 0.05) is 24.8 Å². The van der Waals surface area contributed by atoms with Gasteiger partial charge in [-0.25, -0.2) is 4.98 Å². The number of hydrogen-bond donors (Lipinski definition) is 1. The Hall–Kier alpha value is -2.96. The molecule has 1 amide bonds. The maximum Gasteiger partial charge on any atom is 0.258 e. The lowest BCUT2D eigenvalue weighted by atomic mass is 10.2. The summed E-state index contributed by atoms with van der Waals surface area (Å²) in [5.74, 6) is 0.218. The molecule has 0 fully saturated rings. The molecule has 0 bridgehead atoms. The van der Waals surface area contributed by atoms with Gasteiger partial charge in [-0.05, 0) is 35.9 Å². The van der Waals surface area contributed by atoms with Gasteiger partial charge in [0.1, 0.15) is 5.82 Å². The van der Waals surface area contributed by atoms with Crippen LogP contribution in [0.1, 0.15) is 11.4 Å². The van der Waals surface area contributed by atoms with E-state index in [2.05, 4.69) is 9.97 Å². The Bertz CT molecular complexity index is 1040. The number of para-hydroxylation sites is 1. The number of carbonyl (C=O) groups is 1. The number of carbonyl (C=O) groups excluding carboxylic acids is 1. The number of benzene rings is 2. The minimum Gasteiger partial charge on any atom is -0.383 e. The highest BCUT2D eigenvalue weighted by Gasteiger charge is 2.13. The summed E-state index contributed by atoms with van der Waals surface area (Å²) in [5, 5.41) is 1.15. The summed E-state index contributed by atoms with van der Waals surface area (Å²) in [6.07, 6.45) is 3.20. The average Bonchev–Trinajstić information content (AvgIpc) is 2.70. The Morgan fingerprint density at radius 2 is 1.96 bits per heavy atom. The number of aromatic nitrogens is 2. The smallest absolute Gasteiger partial charge is 0.258 e. The van der Waals surface area contributed by atoms with E-state index in [0.717, 1.165) is 5.56 Å². The summed E-state index contributed by atoms with van der Waals surface area (Å²) in [5.41, 5.74) is 1.23. The van der Waals surface area contributed by atoms with E-state index in [9.17, 15) is 9.59 Å². The number of nitrogens with one attached hydrogen (secondary N) is 1. The number of hydrogen-bond acceptors (Lipinski definition) is 4. The number of rotatable bonds is 7. The Kier molecular flexibility index (Phi) is 6.57. The standard InChI is InChI=1S/C21H20ClN3O3/c1-28-13-12-25(20(26)11-8-15-6-9-16(22)10-7-15)14-19-23-18-5-3-2-4-17(18)21(27)24-19/h2-11H,12-14H2,1H3,(H,23,24,27)/b11-8+. The molecule has 0 aliphatic rings. The molecular formula is C21H20ClN3O3. The van der Waals surface area contributed by atoms with Crippen molar-refractivity contribution >= 4 is 34.5 Å². The Balaban J connectivity index is 1.80. The van der Waals surface area contributed by atoms with Gasteiger partial charge in [0.25, 0.3) is 5.56 Å². The summed E-state index contributed by atoms with van der Waals surface area (Å²) < 4.78 is 5.11. The van der Waals surface area contributed by atoms with Crippen molar-refractivity contribution in [2.45, 2.75) is 6.54 Å². The number of fused-ring (bicyclic) bond motifs is 1. The minimum absolute atomic E-state index is 0.174. The van der Waals surface area contributed by atoms with Crippen molar-refractivity contribution in [2.75, 3.05) is 20.3 Å². The van der Waals surface area contributed by atoms with E-state index in [4.69, 9.17) is 16.3 Å². The maximum atomic E-state index is 12.7. The number of amides is 1.